The molecule has 5 nitrogen and oxygen atoms in total. The summed E-state index contributed by atoms with van der Waals surface area (Å²) in [4.78, 5) is 0. The van der Waals surface area contributed by atoms with E-state index in [9.17, 15) is 0 Å². The van der Waals surface area contributed by atoms with E-state index in [0.29, 0.717) is 32.5 Å². The van der Waals surface area contributed by atoms with Crippen LogP contribution in [0.2, 0.25) is 0 Å². The maximum Gasteiger partial charge on any atom is 0.161 e. The van der Waals surface area contributed by atoms with Crippen molar-refractivity contribution < 1.29 is 18.9 Å². The van der Waals surface area contributed by atoms with Gasteiger partial charge in [0.2, 0.25) is 0 Å². The molecule has 0 atom stereocenters. The van der Waals surface area contributed by atoms with Gasteiger partial charge in [-0.15, -0.1) is 0 Å². The summed E-state index contributed by atoms with van der Waals surface area (Å²) in [7, 11) is 1.64. The lowest BCUT2D eigenvalue weighted by Gasteiger charge is -2.22. The van der Waals surface area contributed by atoms with Gasteiger partial charge in [0.1, 0.15) is 6.61 Å². The summed E-state index contributed by atoms with van der Waals surface area (Å²) >= 11 is 0. The van der Waals surface area contributed by atoms with Gasteiger partial charge in [0, 0.05) is 12.6 Å². The van der Waals surface area contributed by atoms with Crippen molar-refractivity contribution in [2.24, 2.45) is 0 Å². The second kappa shape index (κ2) is 12.1. The molecular formula is C19H31NO4. The van der Waals surface area contributed by atoms with Crippen molar-refractivity contribution in [3.63, 3.8) is 0 Å². The number of ether oxygens (including phenoxy) is 4. The standard InChI is InChI=1S/C19H31NO4/c1-21-18-9-5-6-10-19(18)24-16-15-23-14-13-22-12-11-20-17-7-3-2-4-8-17/h5-6,9-10,17,20H,2-4,7-8,11-16H2,1H3. The summed E-state index contributed by atoms with van der Waals surface area (Å²) in [6, 6.07) is 8.31. The fourth-order valence-corrected chi connectivity index (χ4v) is 2.91. The maximum atomic E-state index is 5.64. The van der Waals surface area contributed by atoms with Gasteiger partial charge in [0.25, 0.3) is 0 Å². The van der Waals surface area contributed by atoms with Crippen LogP contribution in [0.5, 0.6) is 11.5 Å². The van der Waals surface area contributed by atoms with Gasteiger partial charge in [-0.2, -0.15) is 0 Å². The topological polar surface area (TPSA) is 49.0 Å². The van der Waals surface area contributed by atoms with E-state index in [0.717, 1.165) is 24.7 Å². The van der Waals surface area contributed by atoms with E-state index >= 15 is 0 Å². The van der Waals surface area contributed by atoms with Gasteiger partial charge < -0.3 is 24.3 Å². The quantitative estimate of drug-likeness (QED) is 0.594. The Labute approximate surface area is 145 Å². The Kier molecular flexibility index (Phi) is 9.61. The van der Waals surface area contributed by atoms with Crippen LogP contribution in [-0.4, -0.2) is 52.7 Å². The number of hydrogen-bond donors (Lipinski definition) is 1. The fraction of sp³-hybridized carbons (Fsp3) is 0.684. The molecule has 1 aliphatic carbocycles. The van der Waals surface area contributed by atoms with E-state index in [1.807, 2.05) is 24.3 Å². The summed E-state index contributed by atoms with van der Waals surface area (Å²) < 4.78 is 22.0. The van der Waals surface area contributed by atoms with Gasteiger partial charge in [-0.1, -0.05) is 31.4 Å². The first-order valence-electron chi connectivity index (χ1n) is 9.05. The second-order valence-corrected chi connectivity index (χ2v) is 6.01. The molecule has 0 aromatic heterocycles. The van der Waals surface area contributed by atoms with E-state index in [1.165, 1.54) is 32.1 Å². The van der Waals surface area contributed by atoms with Gasteiger partial charge >= 0.3 is 0 Å². The molecule has 24 heavy (non-hydrogen) atoms. The van der Waals surface area contributed by atoms with Crippen molar-refractivity contribution in [2.75, 3.05) is 46.7 Å². The third-order valence-corrected chi connectivity index (χ3v) is 4.21. The van der Waals surface area contributed by atoms with E-state index < -0.39 is 0 Å². The number of para-hydroxylation sites is 2. The number of methoxy groups -OCH3 is 1. The minimum atomic E-state index is 0.504. The molecular weight excluding hydrogens is 306 g/mol. The highest BCUT2D eigenvalue weighted by molar-refractivity contribution is 5.39. The number of hydrogen-bond acceptors (Lipinski definition) is 5. The van der Waals surface area contributed by atoms with Crippen LogP contribution in [0.4, 0.5) is 0 Å². The van der Waals surface area contributed by atoms with Crippen molar-refractivity contribution >= 4 is 0 Å². The first-order valence-corrected chi connectivity index (χ1v) is 9.05. The minimum Gasteiger partial charge on any atom is -0.493 e. The Morgan fingerprint density at radius 2 is 1.54 bits per heavy atom. The van der Waals surface area contributed by atoms with Crippen molar-refractivity contribution in [2.45, 2.75) is 38.1 Å². The van der Waals surface area contributed by atoms with Crippen LogP contribution in [0.25, 0.3) is 0 Å². The summed E-state index contributed by atoms with van der Waals surface area (Å²) in [5.41, 5.74) is 0. The Morgan fingerprint density at radius 1 is 0.875 bits per heavy atom. The van der Waals surface area contributed by atoms with Gasteiger partial charge in [-0.25, -0.2) is 0 Å². The summed E-state index contributed by atoms with van der Waals surface area (Å²) in [6.45, 7) is 3.95. The van der Waals surface area contributed by atoms with Gasteiger partial charge in [0.05, 0.1) is 33.5 Å². The molecule has 136 valence electrons. The molecule has 1 aromatic carbocycles. The third kappa shape index (κ3) is 7.51. The average molecular weight is 337 g/mol. The Morgan fingerprint density at radius 3 is 2.29 bits per heavy atom. The lowest BCUT2D eigenvalue weighted by molar-refractivity contribution is 0.0363. The van der Waals surface area contributed by atoms with Gasteiger partial charge in [0.15, 0.2) is 11.5 Å². The zero-order chi connectivity index (χ0) is 16.9. The zero-order valence-corrected chi connectivity index (χ0v) is 14.8. The Balaban J connectivity index is 1.39. The molecule has 0 bridgehead atoms. The molecule has 1 N–H and O–H groups in total. The molecule has 1 saturated carbocycles. The van der Waals surface area contributed by atoms with Crippen LogP contribution in [0.3, 0.4) is 0 Å². The summed E-state index contributed by atoms with van der Waals surface area (Å²) in [5, 5.41) is 3.56. The van der Waals surface area contributed by atoms with Gasteiger partial charge in [-0.05, 0) is 25.0 Å². The van der Waals surface area contributed by atoms with Crippen LogP contribution in [0.15, 0.2) is 24.3 Å². The second-order valence-electron chi connectivity index (χ2n) is 6.01. The first kappa shape index (κ1) is 19.0. The zero-order valence-electron chi connectivity index (χ0n) is 14.8. The highest BCUT2D eigenvalue weighted by Gasteiger charge is 2.11. The highest BCUT2D eigenvalue weighted by atomic mass is 16.6. The molecule has 0 heterocycles. The molecule has 1 fully saturated rings. The smallest absolute Gasteiger partial charge is 0.161 e. The Bertz CT molecular complexity index is 435. The predicted octanol–water partition coefficient (Wildman–Crippen LogP) is 3.03. The molecule has 0 amide bonds. The average Bonchev–Trinajstić information content (AvgIpc) is 2.64. The van der Waals surface area contributed by atoms with E-state index in [1.54, 1.807) is 7.11 Å². The van der Waals surface area contributed by atoms with Crippen molar-refractivity contribution in [3.05, 3.63) is 24.3 Å². The van der Waals surface area contributed by atoms with Crippen LogP contribution in [-0.2, 0) is 9.47 Å². The predicted molar refractivity (Wildman–Crippen MR) is 95.0 cm³/mol. The maximum absolute atomic E-state index is 5.64. The molecule has 0 spiro atoms. The molecule has 0 unspecified atom stereocenters. The Hall–Kier alpha value is -1.30. The molecule has 0 saturated heterocycles. The molecule has 0 radical (unpaired) electrons. The minimum absolute atomic E-state index is 0.504. The largest absolute Gasteiger partial charge is 0.493 e. The van der Waals surface area contributed by atoms with Crippen molar-refractivity contribution in [3.8, 4) is 11.5 Å². The van der Waals surface area contributed by atoms with Crippen LogP contribution < -0.4 is 14.8 Å². The number of benzene rings is 1. The highest BCUT2D eigenvalue weighted by Crippen LogP contribution is 2.25. The van der Waals surface area contributed by atoms with Crippen molar-refractivity contribution in [1.29, 1.82) is 0 Å². The fourth-order valence-electron chi connectivity index (χ4n) is 2.91. The molecule has 0 aliphatic heterocycles. The monoisotopic (exact) mass is 337 g/mol. The van der Waals surface area contributed by atoms with E-state index in [4.69, 9.17) is 18.9 Å². The summed E-state index contributed by atoms with van der Waals surface area (Å²) in [5.74, 6) is 1.49. The molecule has 1 aliphatic rings. The SMILES string of the molecule is COc1ccccc1OCCOCCOCCNC1CCCCC1. The molecule has 2 rings (SSSR count). The van der Waals surface area contributed by atoms with E-state index in [-0.39, 0.29) is 0 Å². The number of rotatable bonds is 12. The van der Waals surface area contributed by atoms with Gasteiger partial charge in [-0.3, -0.25) is 0 Å². The third-order valence-electron chi connectivity index (χ3n) is 4.21. The lowest BCUT2D eigenvalue weighted by Crippen LogP contribution is -2.33. The van der Waals surface area contributed by atoms with E-state index in [2.05, 4.69) is 5.32 Å². The summed E-state index contributed by atoms with van der Waals surface area (Å²) in [6.07, 6.45) is 6.75. The lowest BCUT2D eigenvalue weighted by atomic mass is 9.96. The normalized spacial score (nSPS) is 15.4. The number of nitrogens with one attached hydrogen (secondary N) is 1. The molecule has 1 aromatic rings. The van der Waals surface area contributed by atoms with Crippen LogP contribution >= 0.6 is 0 Å². The first-order chi connectivity index (χ1) is 11.9. The van der Waals surface area contributed by atoms with Crippen LogP contribution in [0.1, 0.15) is 32.1 Å². The molecule has 5 heteroatoms. The van der Waals surface area contributed by atoms with Crippen molar-refractivity contribution in [1.82, 2.24) is 5.32 Å². The van der Waals surface area contributed by atoms with Crippen LogP contribution in [0, 0.1) is 0 Å².